The summed E-state index contributed by atoms with van der Waals surface area (Å²) in [5.74, 6) is -0.687. The molecule has 0 aliphatic carbocycles. The van der Waals surface area contributed by atoms with E-state index in [9.17, 15) is 14.7 Å². The number of anilines is 1. The number of amides is 2. The van der Waals surface area contributed by atoms with Crippen molar-refractivity contribution in [3.63, 3.8) is 0 Å². The highest BCUT2D eigenvalue weighted by atomic mass is 16.3. The number of aromatic amines is 2. The van der Waals surface area contributed by atoms with E-state index in [-0.39, 0.29) is 5.75 Å². The van der Waals surface area contributed by atoms with Gasteiger partial charge in [0.15, 0.2) is 0 Å². The fraction of sp³-hybridized carbons (Fsp3) is 0.0625. The highest BCUT2D eigenvalue weighted by Crippen LogP contribution is 2.45. The van der Waals surface area contributed by atoms with Gasteiger partial charge in [0.2, 0.25) is 0 Å². The quantitative estimate of drug-likeness (QED) is 0.240. The Morgan fingerprint density at radius 1 is 0.579 bits per heavy atom. The summed E-state index contributed by atoms with van der Waals surface area (Å²) in [6.45, 7) is 3.86. The van der Waals surface area contributed by atoms with Gasteiger partial charge in [-0.25, -0.2) is 4.90 Å². The van der Waals surface area contributed by atoms with Crippen molar-refractivity contribution in [2.24, 2.45) is 0 Å². The van der Waals surface area contributed by atoms with E-state index >= 15 is 0 Å². The Labute approximate surface area is 217 Å². The standard InChI is InChI=1S/C32H23N3O3/c1-17-27(21-9-3-5-13-23(21)33-17)29-30(28-18(2)34-24-14-6-4-10-22(24)28)32(38)35(31(29)37)25-15-7-12-20-19(25)11-8-16-26(20)36/h3-16,33-34,36H,1-2H3. The van der Waals surface area contributed by atoms with E-state index in [2.05, 4.69) is 9.97 Å². The predicted octanol–water partition coefficient (Wildman–Crippen LogP) is 6.61. The topological polar surface area (TPSA) is 89.2 Å². The van der Waals surface area contributed by atoms with Crippen molar-refractivity contribution in [1.82, 2.24) is 9.97 Å². The van der Waals surface area contributed by atoms with Crippen LogP contribution in [-0.2, 0) is 9.59 Å². The normalized spacial score (nSPS) is 14.1. The molecule has 2 amide bonds. The highest BCUT2D eigenvalue weighted by molar-refractivity contribution is 6.59. The average Bonchev–Trinajstić information content (AvgIpc) is 3.50. The van der Waals surface area contributed by atoms with Crippen LogP contribution in [0.25, 0.3) is 43.7 Å². The van der Waals surface area contributed by atoms with Crippen LogP contribution >= 0.6 is 0 Å². The molecule has 1 aliphatic rings. The van der Waals surface area contributed by atoms with Crippen LogP contribution in [0, 0.1) is 13.8 Å². The zero-order valence-corrected chi connectivity index (χ0v) is 20.8. The fourth-order valence-electron chi connectivity index (χ4n) is 5.88. The molecule has 3 heterocycles. The van der Waals surface area contributed by atoms with Crippen molar-refractivity contribution >= 4 is 61.2 Å². The minimum atomic E-state index is -0.390. The van der Waals surface area contributed by atoms with Gasteiger partial charge in [0.25, 0.3) is 11.8 Å². The van der Waals surface area contributed by atoms with E-state index in [1.807, 2.05) is 68.4 Å². The maximum Gasteiger partial charge on any atom is 0.266 e. The number of aromatic hydroxyl groups is 1. The molecule has 0 fully saturated rings. The van der Waals surface area contributed by atoms with Gasteiger partial charge in [-0.3, -0.25) is 9.59 Å². The van der Waals surface area contributed by atoms with Gasteiger partial charge in [-0.05, 0) is 38.1 Å². The van der Waals surface area contributed by atoms with E-state index in [0.717, 1.165) is 44.3 Å². The van der Waals surface area contributed by atoms with Gasteiger partial charge in [-0.2, -0.15) is 0 Å². The number of phenols is 1. The Kier molecular flexibility index (Phi) is 4.63. The number of para-hydroxylation sites is 2. The van der Waals surface area contributed by atoms with Crippen LogP contribution in [0.4, 0.5) is 5.69 Å². The Bertz CT molecular complexity index is 1910. The Morgan fingerprint density at radius 2 is 1.05 bits per heavy atom. The number of H-pyrrole nitrogens is 2. The molecule has 0 atom stereocenters. The Balaban J connectivity index is 1.57. The van der Waals surface area contributed by atoms with Crippen molar-refractivity contribution in [3.05, 3.63) is 107 Å². The number of imide groups is 1. The van der Waals surface area contributed by atoms with Crippen molar-refractivity contribution in [2.45, 2.75) is 13.8 Å². The summed E-state index contributed by atoms with van der Waals surface area (Å²) in [5, 5.41) is 13.4. The Morgan fingerprint density at radius 3 is 1.63 bits per heavy atom. The summed E-state index contributed by atoms with van der Waals surface area (Å²) < 4.78 is 0. The predicted molar refractivity (Wildman–Crippen MR) is 151 cm³/mol. The molecule has 0 saturated carbocycles. The second-order valence-corrected chi connectivity index (χ2v) is 9.69. The molecule has 0 bridgehead atoms. The van der Waals surface area contributed by atoms with E-state index < -0.39 is 11.8 Å². The monoisotopic (exact) mass is 497 g/mol. The first-order valence-corrected chi connectivity index (χ1v) is 12.4. The number of aromatic nitrogens is 2. The summed E-state index contributed by atoms with van der Waals surface area (Å²) in [4.78, 5) is 36.9. The van der Waals surface area contributed by atoms with E-state index in [1.165, 1.54) is 4.90 Å². The van der Waals surface area contributed by atoms with Crippen LogP contribution in [-0.4, -0.2) is 26.9 Å². The summed E-state index contributed by atoms with van der Waals surface area (Å²) in [7, 11) is 0. The first kappa shape index (κ1) is 22.1. The van der Waals surface area contributed by atoms with Crippen molar-refractivity contribution < 1.29 is 14.7 Å². The maximum absolute atomic E-state index is 14.5. The maximum atomic E-state index is 14.5. The van der Waals surface area contributed by atoms with Crippen molar-refractivity contribution in [2.75, 3.05) is 4.90 Å². The molecule has 2 aromatic heterocycles. The number of fused-ring (bicyclic) bond motifs is 3. The minimum absolute atomic E-state index is 0.0943. The smallest absolute Gasteiger partial charge is 0.266 e. The number of carbonyl (C=O) groups excluding carboxylic acids is 2. The molecule has 4 aromatic carbocycles. The summed E-state index contributed by atoms with van der Waals surface area (Å²) in [5.41, 5.74) is 6.06. The summed E-state index contributed by atoms with van der Waals surface area (Å²) in [6.07, 6.45) is 0. The van der Waals surface area contributed by atoms with Crippen LogP contribution < -0.4 is 4.90 Å². The average molecular weight is 498 g/mol. The molecule has 0 radical (unpaired) electrons. The SMILES string of the molecule is Cc1[nH]c2ccccc2c1C1=C(c2c(C)[nH]c3ccccc23)C(=O)N(c2cccc3c(O)cccc23)C1=O. The third-order valence-corrected chi connectivity index (χ3v) is 7.49. The Hall–Kier alpha value is -5.10. The van der Waals surface area contributed by atoms with Gasteiger partial charge in [0.1, 0.15) is 5.75 Å². The number of nitrogens with one attached hydrogen (secondary N) is 2. The molecule has 0 spiro atoms. The number of benzene rings is 4. The number of hydrogen-bond donors (Lipinski definition) is 3. The summed E-state index contributed by atoms with van der Waals surface area (Å²) >= 11 is 0. The third-order valence-electron chi connectivity index (χ3n) is 7.49. The van der Waals surface area contributed by atoms with Gasteiger partial charge in [0, 0.05) is 55.1 Å². The van der Waals surface area contributed by atoms with Gasteiger partial charge >= 0.3 is 0 Å². The van der Waals surface area contributed by atoms with Crippen molar-refractivity contribution in [1.29, 1.82) is 0 Å². The first-order chi connectivity index (χ1) is 18.5. The molecule has 184 valence electrons. The first-order valence-electron chi connectivity index (χ1n) is 12.4. The van der Waals surface area contributed by atoms with Gasteiger partial charge in [0.05, 0.1) is 16.8 Å². The lowest BCUT2D eigenvalue weighted by Gasteiger charge is -2.18. The molecule has 0 unspecified atom stereocenters. The van der Waals surface area contributed by atoms with E-state index in [4.69, 9.17) is 0 Å². The molecular formula is C32H23N3O3. The molecule has 6 heteroatoms. The lowest BCUT2D eigenvalue weighted by molar-refractivity contribution is -0.119. The zero-order valence-electron chi connectivity index (χ0n) is 20.8. The van der Waals surface area contributed by atoms with E-state index in [1.54, 1.807) is 30.3 Å². The highest BCUT2D eigenvalue weighted by Gasteiger charge is 2.43. The fourth-order valence-corrected chi connectivity index (χ4v) is 5.88. The van der Waals surface area contributed by atoms with Crippen LogP contribution in [0.5, 0.6) is 5.75 Å². The largest absolute Gasteiger partial charge is 0.507 e. The van der Waals surface area contributed by atoms with E-state index in [0.29, 0.717) is 27.6 Å². The van der Waals surface area contributed by atoms with Crippen molar-refractivity contribution in [3.8, 4) is 5.75 Å². The molecule has 0 saturated heterocycles. The van der Waals surface area contributed by atoms with Crippen LogP contribution in [0.1, 0.15) is 22.5 Å². The van der Waals surface area contributed by atoms with Crippen LogP contribution in [0.3, 0.4) is 0 Å². The second kappa shape index (κ2) is 7.95. The summed E-state index contributed by atoms with van der Waals surface area (Å²) in [6, 6.07) is 26.0. The van der Waals surface area contributed by atoms with Crippen LogP contribution in [0.2, 0.25) is 0 Å². The number of aryl methyl sites for hydroxylation is 2. The molecule has 6 nitrogen and oxygen atoms in total. The van der Waals surface area contributed by atoms with Gasteiger partial charge in [-0.15, -0.1) is 0 Å². The van der Waals surface area contributed by atoms with Gasteiger partial charge in [-0.1, -0.05) is 60.7 Å². The zero-order chi connectivity index (χ0) is 26.1. The molecule has 3 N–H and O–H groups in total. The third kappa shape index (κ3) is 2.94. The number of rotatable bonds is 3. The number of phenolic OH excluding ortho intramolecular Hbond substituents is 1. The number of carbonyl (C=O) groups is 2. The number of nitrogens with zero attached hydrogens (tertiary/aromatic N) is 1. The number of hydrogen-bond acceptors (Lipinski definition) is 3. The molecule has 38 heavy (non-hydrogen) atoms. The van der Waals surface area contributed by atoms with Crippen LogP contribution in [0.15, 0.2) is 84.9 Å². The lowest BCUT2D eigenvalue weighted by Crippen LogP contribution is -2.31. The van der Waals surface area contributed by atoms with Gasteiger partial charge < -0.3 is 15.1 Å². The molecule has 6 aromatic rings. The molecule has 7 rings (SSSR count). The second-order valence-electron chi connectivity index (χ2n) is 9.69. The molecular weight excluding hydrogens is 474 g/mol. The molecule has 1 aliphatic heterocycles. The lowest BCUT2D eigenvalue weighted by atomic mass is 9.93. The minimum Gasteiger partial charge on any atom is -0.507 e.